The molecule has 1 aliphatic carbocycles. The van der Waals surface area contributed by atoms with Gasteiger partial charge in [0.05, 0.1) is 18.5 Å². The molecule has 0 saturated heterocycles. The largest absolute Gasteiger partial charge is 0.436 e. The van der Waals surface area contributed by atoms with Crippen LogP contribution in [-0.4, -0.2) is 57.3 Å². The molecule has 46 heavy (non-hydrogen) atoms. The van der Waals surface area contributed by atoms with E-state index in [0.717, 1.165) is 42.0 Å². The Morgan fingerprint density at radius 3 is 2.48 bits per heavy atom. The maximum atomic E-state index is 14.0. The van der Waals surface area contributed by atoms with Gasteiger partial charge in [0, 0.05) is 24.7 Å². The zero-order valence-corrected chi connectivity index (χ0v) is 27.0. The van der Waals surface area contributed by atoms with E-state index in [4.69, 9.17) is 10.5 Å². The van der Waals surface area contributed by atoms with E-state index in [1.165, 1.54) is 12.7 Å². The van der Waals surface area contributed by atoms with Crippen molar-refractivity contribution in [1.82, 2.24) is 20.6 Å². The van der Waals surface area contributed by atoms with E-state index in [1.54, 1.807) is 6.20 Å². The number of primary amides is 1. The van der Waals surface area contributed by atoms with Crippen LogP contribution in [0.25, 0.3) is 10.8 Å². The van der Waals surface area contributed by atoms with Gasteiger partial charge in [-0.05, 0) is 46.9 Å². The number of aliphatic hydroxyl groups excluding tert-OH is 1. The number of aliphatic hydroxyl groups is 1. The minimum Gasteiger partial charge on any atom is -0.436 e. The first-order valence-corrected chi connectivity index (χ1v) is 16.5. The van der Waals surface area contributed by atoms with E-state index in [-0.39, 0.29) is 24.7 Å². The molecule has 10 nitrogen and oxygen atoms in total. The van der Waals surface area contributed by atoms with Crippen LogP contribution >= 0.6 is 0 Å². The summed E-state index contributed by atoms with van der Waals surface area (Å²) in [5.41, 5.74) is 6.82. The highest BCUT2D eigenvalue weighted by Crippen LogP contribution is 2.30. The number of rotatable bonds is 16. The van der Waals surface area contributed by atoms with Crippen molar-refractivity contribution in [2.75, 3.05) is 0 Å². The molecule has 0 spiro atoms. The van der Waals surface area contributed by atoms with Crippen molar-refractivity contribution in [1.29, 1.82) is 0 Å². The third kappa shape index (κ3) is 9.91. The van der Waals surface area contributed by atoms with Crippen LogP contribution in [0.2, 0.25) is 0 Å². The molecular weight excluding hydrogens is 582 g/mol. The van der Waals surface area contributed by atoms with Crippen molar-refractivity contribution >= 4 is 28.7 Å². The van der Waals surface area contributed by atoms with Gasteiger partial charge in [0.1, 0.15) is 6.04 Å². The summed E-state index contributed by atoms with van der Waals surface area (Å²) < 4.78 is 5.30. The molecule has 0 aliphatic heterocycles. The highest BCUT2D eigenvalue weighted by Gasteiger charge is 2.33. The summed E-state index contributed by atoms with van der Waals surface area (Å²) in [7, 11) is 0. The van der Waals surface area contributed by atoms with Gasteiger partial charge in [-0.1, -0.05) is 94.5 Å². The predicted molar refractivity (Wildman–Crippen MR) is 179 cm³/mol. The van der Waals surface area contributed by atoms with Crippen LogP contribution in [0.3, 0.4) is 0 Å². The first-order chi connectivity index (χ1) is 22.1. The minimum atomic E-state index is -1.27. The molecule has 4 rings (SSSR count). The highest BCUT2D eigenvalue weighted by atomic mass is 16.6. The summed E-state index contributed by atoms with van der Waals surface area (Å²) in [5.74, 6) is -0.325. The molecule has 2 aromatic carbocycles. The molecule has 3 amide bonds. The number of allylic oxidation sites excluding steroid dienone is 1. The number of amides is 3. The van der Waals surface area contributed by atoms with Crippen molar-refractivity contribution < 1.29 is 24.2 Å². The van der Waals surface area contributed by atoms with Gasteiger partial charge in [-0.2, -0.15) is 0 Å². The summed E-state index contributed by atoms with van der Waals surface area (Å²) in [6.07, 6.45) is 8.69. The second-order valence-corrected chi connectivity index (χ2v) is 12.9. The third-order valence-corrected chi connectivity index (χ3v) is 9.22. The Bertz CT molecular complexity index is 1430. The summed E-state index contributed by atoms with van der Waals surface area (Å²) in [4.78, 5) is 46.7. The standard InChI is InChI=1S/C36H49N5O5/c1-4-25(23(2)3)18-32(42)30(17-24-11-6-5-7-12-24)40-34(43)31(20-28-21-38-22-39-28)41-35(44)33(46-36(37)45)19-27-15-10-14-26-13-8-9-16-29(26)27/h4,8-10,13-16,21-25,30-33,42H,1,5-7,11-12,17-20H2,2-3H3,(H2,37,45)(H,38,39)(H,40,43)(H,41,44)/t25-,30-,31-,32-,33?/m0/s1. The number of imidazole rings is 1. The van der Waals surface area contributed by atoms with Gasteiger partial charge < -0.3 is 31.2 Å². The van der Waals surface area contributed by atoms with E-state index in [9.17, 15) is 19.5 Å². The predicted octanol–water partition coefficient (Wildman–Crippen LogP) is 4.96. The van der Waals surface area contributed by atoms with Crippen LogP contribution in [0.5, 0.6) is 0 Å². The van der Waals surface area contributed by atoms with Crippen LogP contribution < -0.4 is 16.4 Å². The number of aromatic amines is 1. The minimum absolute atomic E-state index is 0.0652. The van der Waals surface area contributed by atoms with Crippen LogP contribution in [0.1, 0.15) is 70.1 Å². The van der Waals surface area contributed by atoms with Gasteiger partial charge >= 0.3 is 6.09 Å². The van der Waals surface area contributed by atoms with Crippen molar-refractivity contribution in [2.45, 2.75) is 95.9 Å². The molecular formula is C36H49N5O5. The third-order valence-electron chi connectivity index (χ3n) is 9.22. The number of nitrogens with two attached hydrogens (primary N) is 1. The molecule has 5 atom stereocenters. The topological polar surface area (TPSA) is 159 Å². The number of nitrogens with one attached hydrogen (secondary N) is 3. The monoisotopic (exact) mass is 631 g/mol. The number of hydrogen-bond donors (Lipinski definition) is 5. The quantitative estimate of drug-likeness (QED) is 0.141. The van der Waals surface area contributed by atoms with Gasteiger partial charge in [-0.3, -0.25) is 9.59 Å². The maximum absolute atomic E-state index is 14.0. The summed E-state index contributed by atoms with van der Waals surface area (Å²) in [5, 5.41) is 19.3. The van der Waals surface area contributed by atoms with Crippen LogP contribution in [0, 0.1) is 17.8 Å². The maximum Gasteiger partial charge on any atom is 0.405 e. The summed E-state index contributed by atoms with van der Waals surface area (Å²) in [6.45, 7) is 8.14. The fourth-order valence-electron chi connectivity index (χ4n) is 6.55. The lowest BCUT2D eigenvalue weighted by molar-refractivity contribution is -0.134. The Morgan fingerprint density at radius 1 is 1.07 bits per heavy atom. The number of ether oxygens (including phenoxy) is 1. The van der Waals surface area contributed by atoms with Crippen molar-refractivity contribution in [3.63, 3.8) is 0 Å². The molecule has 248 valence electrons. The molecule has 10 heteroatoms. The Balaban J connectivity index is 1.56. The smallest absolute Gasteiger partial charge is 0.405 e. The zero-order chi connectivity index (χ0) is 33.1. The Morgan fingerprint density at radius 2 is 1.80 bits per heavy atom. The molecule has 3 aromatic rings. The van der Waals surface area contributed by atoms with E-state index in [1.807, 2.05) is 48.5 Å². The number of carbonyl (C=O) groups excluding carboxylic acids is 3. The molecule has 0 radical (unpaired) electrons. The number of aromatic nitrogens is 2. The van der Waals surface area contributed by atoms with Crippen molar-refractivity contribution in [3.8, 4) is 0 Å². The fraction of sp³-hybridized carbons (Fsp3) is 0.500. The van der Waals surface area contributed by atoms with E-state index in [0.29, 0.717) is 24.5 Å². The summed E-state index contributed by atoms with van der Waals surface area (Å²) in [6, 6.07) is 11.9. The molecule has 1 fully saturated rings. The molecule has 0 bridgehead atoms. The average Bonchev–Trinajstić information content (AvgIpc) is 3.56. The van der Waals surface area contributed by atoms with Gasteiger partial charge in [0.25, 0.3) is 5.91 Å². The van der Waals surface area contributed by atoms with E-state index >= 15 is 0 Å². The molecule has 1 heterocycles. The van der Waals surface area contributed by atoms with Crippen molar-refractivity contribution in [2.24, 2.45) is 23.5 Å². The number of fused-ring (bicyclic) bond motifs is 1. The highest BCUT2D eigenvalue weighted by molar-refractivity contribution is 5.91. The number of nitrogens with zero attached hydrogens (tertiary/aromatic N) is 1. The van der Waals surface area contributed by atoms with Crippen molar-refractivity contribution in [3.05, 3.63) is 78.9 Å². The van der Waals surface area contributed by atoms with E-state index < -0.39 is 42.2 Å². The van der Waals surface area contributed by atoms with Crippen LogP contribution in [-0.2, 0) is 27.2 Å². The SMILES string of the molecule is C=C[C@@H](C[C@H](O)[C@H](CC1CCCCC1)NC(=O)[C@H](Cc1cnc[nH]1)NC(=O)C(Cc1cccc2ccccc12)OC(N)=O)C(C)C. The molecule has 1 aliphatic rings. The molecule has 1 saturated carbocycles. The Kier molecular flexibility index (Phi) is 12.8. The first kappa shape index (κ1) is 34.7. The normalized spacial score (nSPS) is 17.0. The second-order valence-electron chi connectivity index (χ2n) is 12.9. The number of carbonyl (C=O) groups is 3. The van der Waals surface area contributed by atoms with Gasteiger partial charge in [-0.15, -0.1) is 6.58 Å². The van der Waals surface area contributed by atoms with E-state index in [2.05, 4.69) is 41.0 Å². The molecule has 6 N–H and O–H groups in total. The van der Waals surface area contributed by atoms with Crippen LogP contribution in [0.4, 0.5) is 4.79 Å². The first-order valence-electron chi connectivity index (χ1n) is 16.5. The Hall–Kier alpha value is -4.18. The molecule has 1 unspecified atom stereocenters. The average molecular weight is 632 g/mol. The lowest BCUT2D eigenvalue weighted by Crippen LogP contribution is -2.56. The zero-order valence-electron chi connectivity index (χ0n) is 27.0. The Labute approximate surface area is 271 Å². The number of hydrogen-bond acceptors (Lipinski definition) is 6. The summed E-state index contributed by atoms with van der Waals surface area (Å²) >= 11 is 0. The van der Waals surface area contributed by atoms with Gasteiger partial charge in [0.2, 0.25) is 5.91 Å². The lowest BCUT2D eigenvalue weighted by atomic mass is 9.81. The number of H-pyrrole nitrogens is 1. The van der Waals surface area contributed by atoms with Gasteiger partial charge in [0.15, 0.2) is 6.10 Å². The number of benzene rings is 2. The lowest BCUT2D eigenvalue weighted by Gasteiger charge is -2.33. The van der Waals surface area contributed by atoms with Crippen LogP contribution in [0.15, 0.2) is 67.6 Å². The molecule has 1 aromatic heterocycles. The second kappa shape index (κ2) is 16.9. The van der Waals surface area contributed by atoms with Gasteiger partial charge in [-0.25, -0.2) is 9.78 Å². The fourth-order valence-corrected chi connectivity index (χ4v) is 6.55.